The van der Waals surface area contributed by atoms with Crippen molar-refractivity contribution in [1.82, 2.24) is 5.06 Å². The summed E-state index contributed by atoms with van der Waals surface area (Å²) < 4.78 is 0. The Labute approximate surface area is 167 Å². The number of rotatable bonds is 3. The van der Waals surface area contributed by atoms with Crippen molar-refractivity contribution in [1.29, 1.82) is 0 Å². The number of benzene rings is 2. The molecule has 0 radical (unpaired) electrons. The van der Waals surface area contributed by atoms with Crippen molar-refractivity contribution in [2.45, 2.75) is 0 Å². The predicted octanol–water partition coefficient (Wildman–Crippen LogP) is 5.07. The van der Waals surface area contributed by atoms with Gasteiger partial charge in [-0.3, -0.25) is 9.59 Å². The molecule has 0 aromatic heterocycles. The highest BCUT2D eigenvalue weighted by atomic mass is 35.5. The highest BCUT2D eigenvalue weighted by Gasteiger charge is 2.44. The van der Waals surface area contributed by atoms with Crippen molar-refractivity contribution in [3.63, 3.8) is 0 Å². The molecule has 2 aromatic rings. The second kappa shape index (κ2) is 7.29. The molecule has 0 fully saturated rings. The molecule has 0 spiro atoms. The van der Waals surface area contributed by atoms with Gasteiger partial charge in [-0.05, 0) is 11.6 Å². The van der Waals surface area contributed by atoms with E-state index in [4.69, 9.17) is 51.2 Å². The molecule has 0 saturated heterocycles. The molecule has 0 aliphatic carbocycles. The first kappa shape index (κ1) is 18.7. The fraction of sp³-hybridized carbons (Fsp3) is 0. The average Bonchev–Trinajstić information content (AvgIpc) is 2.88. The van der Waals surface area contributed by atoms with Gasteiger partial charge in [0.05, 0.1) is 31.2 Å². The smallest absolute Gasteiger partial charge is 0.325 e. The first-order valence-electron chi connectivity index (χ1n) is 7.02. The summed E-state index contributed by atoms with van der Waals surface area (Å²) in [4.78, 5) is 41.6. The molecule has 0 atom stereocenters. The summed E-state index contributed by atoms with van der Waals surface area (Å²) in [7, 11) is 0. The first-order chi connectivity index (χ1) is 12.3. The van der Waals surface area contributed by atoms with Crippen LogP contribution in [0.15, 0.2) is 36.4 Å². The van der Waals surface area contributed by atoms with Gasteiger partial charge in [0.1, 0.15) is 0 Å². The summed E-state index contributed by atoms with van der Waals surface area (Å²) in [6.45, 7) is 0. The molecule has 2 amide bonds. The number of carbonyl (C=O) groups is 3. The van der Waals surface area contributed by atoms with Crippen molar-refractivity contribution in [2.24, 2.45) is 0 Å². The molecule has 1 heterocycles. The largest absolute Gasteiger partial charge is 0.356 e. The maximum Gasteiger partial charge on any atom is 0.356 e. The third kappa shape index (κ3) is 3.19. The average molecular weight is 431 g/mol. The fourth-order valence-corrected chi connectivity index (χ4v) is 3.27. The van der Waals surface area contributed by atoms with E-state index in [2.05, 4.69) is 0 Å². The topological polar surface area (TPSA) is 63.7 Å². The van der Waals surface area contributed by atoms with E-state index >= 15 is 0 Å². The number of hydrogen-bond donors (Lipinski definition) is 0. The maximum atomic E-state index is 12.4. The number of amides is 2. The van der Waals surface area contributed by atoms with Gasteiger partial charge in [-0.15, -0.1) is 0 Å². The van der Waals surface area contributed by atoms with Gasteiger partial charge in [0.25, 0.3) is 11.8 Å². The zero-order valence-corrected chi connectivity index (χ0v) is 15.7. The summed E-state index contributed by atoms with van der Waals surface area (Å²) in [5.74, 6) is -2.86. The number of carbonyl (C=O) groups excluding carboxylic acids is 3. The summed E-state index contributed by atoms with van der Waals surface area (Å²) in [6, 6.07) is 8.90. The van der Waals surface area contributed by atoms with Crippen LogP contribution in [0.1, 0.15) is 26.3 Å². The number of hydrogen-bond acceptors (Lipinski definition) is 4. The van der Waals surface area contributed by atoms with E-state index in [1.165, 1.54) is 6.08 Å². The maximum absolute atomic E-state index is 12.4. The summed E-state index contributed by atoms with van der Waals surface area (Å²) >= 11 is 23.8. The van der Waals surface area contributed by atoms with E-state index in [0.717, 1.165) is 11.6 Å². The van der Waals surface area contributed by atoms with Crippen molar-refractivity contribution in [3.8, 4) is 0 Å². The van der Waals surface area contributed by atoms with Crippen molar-refractivity contribution < 1.29 is 19.2 Å². The molecule has 9 heteroatoms. The zero-order chi connectivity index (χ0) is 19.0. The summed E-state index contributed by atoms with van der Waals surface area (Å²) in [6.07, 6.45) is 2.54. The molecule has 0 N–H and O–H groups in total. The molecule has 132 valence electrons. The molecular formula is C17H7Cl4NO4. The lowest BCUT2D eigenvalue weighted by Gasteiger charge is -2.10. The van der Waals surface area contributed by atoms with E-state index in [9.17, 15) is 14.4 Å². The third-order valence-electron chi connectivity index (χ3n) is 3.46. The van der Waals surface area contributed by atoms with Gasteiger partial charge in [-0.1, -0.05) is 81.8 Å². The quantitative estimate of drug-likeness (QED) is 0.295. The van der Waals surface area contributed by atoms with Crippen LogP contribution in [0.25, 0.3) is 6.08 Å². The molecule has 1 aliphatic rings. The van der Waals surface area contributed by atoms with Crippen molar-refractivity contribution in [2.75, 3.05) is 0 Å². The van der Waals surface area contributed by atoms with Crippen LogP contribution >= 0.6 is 46.4 Å². The van der Waals surface area contributed by atoms with Crippen LogP contribution in [0.4, 0.5) is 0 Å². The standard InChI is InChI=1S/C17H7Cl4NO4/c18-12-10-11(13(19)15(21)14(12)20)17(25)22(16(10)24)26-9(23)7-6-8-4-2-1-3-5-8/h1-7H/b7-6+. The second-order valence-electron chi connectivity index (χ2n) is 5.06. The minimum Gasteiger partial charge on any atom is -0.325 e. The molecule has 5 nitrogen and oxygen atoms in total. The van der Waals surface area contributed by atoms with Gasteiger partial charge in [0.15, 0.2) is 0 Å². The van der Waals surface area contributed by atoms with E-state index < -0.39 is 17.8 Å². The van der Waals surface area contributed by atoms with E-state index in [1.807, 2.05) is 6.07 Å². The Hall–Kier alpha value is -2.05. The molecular weight excluding hydrogens is 424 g/mol. The molecule has 26 heavy (non-hydrogen) atoms. The Morgan fingerprint density at radius 3 is 1.85 bits per heavy atom. The Kier molecular flexibility index (Phi) is 5.25. The number of hydroxylamine groups is 2. The van der Waals surface area contributed by atoms with Gasteiger partial charge in [-0.2, -0.15) is 0 Å². The lowest BCUT2D eigenvalue weighted by Crippen LogP contribution is -2.32. The van der Waals surface area contributed by atoms with E-state index in [-0.39, 0.29) is 36.3 Å². The van der Waals surface area contributed by atoms with Gasteiger partial charge in [0, 0.05) is 6.08 Å². The van der Waals surface area contributed by atoms with Gasteiger partial charge in [0.2, 0.25) is 0 Å². The molecule has 0 bridgehead atoms. The molecule has 1 aliphatic heterocycles. The monoisotopic (exact) mass is 429 g/mol. The lowest BCUT2D eigenvalue weighted by atomic mass is 10.1. The van der Waals surface area contributed by atoms with Crippen molar-refractivity contribution >= 4 is 70.3 Å². The van der Waals surface area contributed by atoms with Gasteiger partial charge < -0.3 is 4.84 Å². The SMILES string of the molecule is O=C(/C=C/c1ccccc1)ON1C(=O)c2c(Cl)c(Cl)c(Cl)c(Cl)c2C1=O. The van der Waals surface area contributed by atoms with Crippen molar-refractivity contribution in [3.05, 3.63) is 73.2 Å². The van der Waals surface area contributed by atoms with Gasteiger partial charge in [-0.25, -0.2) is 4.79 Å². The molecule has 0 saturated carbocycles. The number of nitrogens with zero attached hydrogens (tertiary/aromatic N) is 1. The number of fused-ring (bicyclic) bond motifs is 1. The Morgan fingerprint density at radius 1 is 0.846 bits per heavy atom. The Balaban J connectivity index is 1.87. The Bertz CT molecular complexity index is 926. The summed E-state index contributed by atoms with van der Waals surface area (Å²) in [5, 5.41) is -0.557. The number of imide groups is 1. The van der Waals surface area contributed by atoms with Gasteiger partial charge >= 0.3 is 5.97 Å². The third-order valence-corrected chi connectivity index (χ3v) is 5.26. The molecule has 3 rings (SSSR count). The molecule has 0 unspecified atom stereocenters. The van der Waals surface area contributed by atoms with Crippen LogP contribution in [0, 0.1) is 0 Å². The van der Waals surface area contributed by atoms with Crippen LogP contribution in [-0.4, -0.2) is 22.8 Å². The van der Waals surface area contributed by atoms with E-state index in [0.29, 0.717) is 0 Å². The highest BCUT2D eigenvalue weighted by molar-refractivity contribution is 6.55. The first-order valence-corrected chi connectivity index (χ1v) is 8.54. The fourth-order valence-electron chi connectivity index (χ4n) is 2.26. The minimum atomic E-state index is -0.961. The van der Waals surface area contributed by atoms with Crippen LogP contribution in [-0.2, 0) is 9.63 Å². The highest BCUT2D eigenvalue weighted by Crippen LogP contribution is 2.44. The van der Waals surface area contributed by atoms with Crippen LogP contribution in [0.5, 0.6) is 0 Å². The predicted molar refractivity (Wildman–Crippen MR) is 98.6 cm³/mol. The lowest BCUT2D eigenvalue weighted by molar-refractivity contribution is -0.161. The van der Waals surface area contributed by atoms with Crippen LogP contribution < -0.4 is 0 Å². The van der Waals surface area contributed by atoms with Crippen LogP contribution in [0.2, 0.25) is 20.1 Å². The van der Waals surface area contributed by atoms with E-state index in [1.54, 1.807) is 24.3 Å². The second-order valence-corrected chi connectivity index (χ2v) is 6.58. The Morgan fingerprint density at radius 2 is 1.35 bits per heavy atom. The zero-order valence-electron chi connectivity index (χ0n) is 12.6. The molecule has 2 aromatic carbocycles. The summed E-state index contributed by atoms with van der Waals surface area (Å²) in [5.41, 5.74) is 0.197. The normalized spacial score (nSPS) is 13.5. The number of halogens is 4. The minimum absolute atomic E-state index is 0.171. The van der Waals surface area contributed by atoms with Crippen LogP contribution in [0.3, 0.4) is 0 Å².